The Bertz CT molecular complexity index is 1430. The van der Waals surface area contributed by atoms with E-state index in [-0.39, 0.29) is 30.1 Å². The Labute approximate surface area is 275 Å². The van der Waals surface area contributed by atoms with Gasteiger partial charge in [0.1, 0.15) is 0 Å². The molecule has 0 saturated carbocycles. The average molecular weight is 621 g/mol. The fourth-order valence-corrected chi connectivity index (χ4v) is 6.19. The van der Waals surface area contributed by atoms with E-state index in [1.54, 1.807) is 0 Å². The van der Waals surface area contributed by atoms with Crippen molar-refractivity contribution in [2.75, 3.05) is 19.1 Å². The summed E-state index contributed by atoms with van der Waals surface area (Å²) in [6.07, 6.45) is 4.06. The van der Waals surface area contributed by atoms with Gasteiger partial charge in [-0.05, 0) is 48.6 Å². The summed E-state index contributed by atoms with van der Waals surface area (Å²) in [5, 5.41) is 0. The molecule has 0 fully saturated rings. The number of ether oxygens (including phenoxy) is 2. The zero-order chi connectivity index (χ0) is 32.6. The zero-order valence-electron chi connectivity index (χ0n) is 27.5. The van der Waals surface area contributed by atoms with Crippen molar-refractivity contribution in [1.29, 1.82) is 0 Å². The number of esters is 2. The Hall–Kier alpha value is -4.42. The van der Waals surface area contributed by atoms with Gasteiger partial charge in [0.15, 0.2) is 0 Å². The third kappa shape index (κ3) is 10.6. The molecule has 0 heterocycles. The summed E-state index contributed by atoms with van der Waals surface area (Å²) < 4.78 is 10.3. The number of carbonyl (C=O) groups excluding carboxylic acids is 2. The monoisotopic (exact) mass is 620 g/mol. The van der Waals surface area contributed by atoms with Gasteiger partial charge in [0.2, 0.25) is 0 Å². The van der Waals surface area contributed by atoms with Crippen molar-refractivity contribution in [1.82, 2.24) is 4.90 Å². The molecule has 3 atom stereocenters. The highest BCUT2D eigenvalue weighted by molar-refractivity contribution is 5.71. The molecule has 242 valence electrons. The molecule has 0 bridgehead atoms. The van der Waals surface area contributed by atoms with E-state index >= 15 is 0 Å². The summed E-state index contributed by atoms with van der Waals surface area (Å²) in [5.41, 5.74) is 4.68. The van der Waals surface area contributed by atoms with Crippen molar-refractivity contribution in [3.63, 3.8) is 0 Å². The quantitative estimate of drug-likeness (QED) is 0.0823. The maximum atomic E-state index is 12.7. The molecular formula is C40H48N2O4. The van der Waals surface area contributed by atoms with Crippen LogP contribution in [0, 0.1) is 0 Å². The lowest BCUT2D eigenvalue weighted by Gasteiger charge is -2.37. The highest BCUT2D eigenvalue weighted by Crippen LogP contribution is 2.30. The number of anilines is 1. The van der Waals surface area contributed by atoms with Crippen molar-refractivity contribution in [3.8, 4) is 0 Å². The summed E-state index contributed by atoms with van der Waals surface area (Å²) >= 11 is 0. The number of hydrogen-bond donors (Lipinski definition) is 0. The summed E-state index contributed by atoms with van der Waals surface area (Å²) in [6, 6.07) is 41.6. The SMILES string of the molecule is COC(=O)CC(CCCCC(CC(=O)OC)N(Cc1ccccc1)[C@H](C)c1ccccc1)N(Cc1ccccc1)c1ccccc1. The van der Waals surface area contributed by atoms with E-state index in [0.717, 1.165) is 37.9 Å². The molecule has 0 radical (unpaired) electrons. The molecule has 4 rings (SSSR count). The van der Waals surface area contributed by atoms with Crippen LogP contribution in [-0.2, 0) is 32.2 Å². The minimum Gasteiger partial charge on any atom is -0.469 e. The Balaban J connectivity index is 1.54. The molecule has 0 aliphatic carbocycles. The number of carbonyl (C=O) groups is 2. The van der Waals surface area contributed by atoms with Crippen LogP contribution < -0.4 is 4.90 Å². The van der Waals surface area contributed by atoms with E-state index in [0.29, 0.717) is 19.4 Å². The first-order valence-electron chi connectivity index (χ1n) is 16.3. The maximum Gasteiger partial charge on any atom is 0.307 e. The number of para-hydroxylation sites is 1. The summed E-state index contributed by atoms with van der Waals surface area (Å²) in [7, 11) is 2.92. The topological polar surface area (TPSA) is 59.1 Å². The van der Waals surface area contributed by atoms with Crippen molar-refractivity contribution < 1.29 is 19.1 Å². The molecular weight excluding hydrogens is 572 g/mol. The van der Waals surface area contributed by atoms with Gasteiger partial charge >= 0.3 is 11.9 Å². The lowest BCUT2D eigenvalue weighted by Crippen LogP contribution is -2.39. The minimum atomic E-state index is -0.215. The second kappa shape index (κ2) is 18.5. The summed E-state index contributed by atoms with van der Waals surface area (Å²) in [5.74, 6) is -0.418. The molecule has 6 nitrogen and oxygen atoms in total. The fourth-order valence-electron chi connectivity index (χ4n) is 6.19. The van der Waals surface area contributed by atoms with E-state index in [2.05, 4.69) is 89.5 Å². The molecule has 0 saturated heterocycles. The van der Waals surface area contributed by atoms with Crippen LogP contribution in [0.5, 0.6) is 0 Å². The average Bonchev–Trinajstić information content (AvgIpc) is 3.11. The molecule has 4 aromatic carbocycles. The predicted molar refractivity (Wildman–Crippen MR) is 185 cm³/mol. The smallest absolute Gasteiger partial charge is 0.307 e. The van der Waals surface area contributed by atoms with E-state index in [1.165, 1.54) is 30.9 Å². The summed E-state index contributed by atoms with van der Waals surface area (Å²) in [4.78, 5) is 30.2. The lowest BCUT2D eigenvalue weighted by molar-refractivity contribution is -0.143. The van der Waals surface area contributed by atoms with Gasteiger partial charge in [0.05, 0.1) is 27.1 Å². The van der Waals surface area contributed by atoms with Crippen LogP contribution in [0.15, 0.2) is 121 Å². The molecule has 46 heavy (non-hydrogen) atoms. The number of rotatable bonds is 18. The molecule has 0 aromatic heterocycles. The fraction of sp³-hybridized carbons (Fsp3) is 0.350. The van der Waals surface area contributed by atoms with Crippen LogP contribution in [0.3, 0.4) is 0 Å². The Morgan fingerprint density at radius 2 is 1.02 bits per heavy atom. The van der Waals surface area contributed by atoms with Crippen LogP contribution >= 0.6 is 0 Å². The van der Waals surface area contributed by atoms with Gasteiger partial charge in [-0.15, -0.1) is 0 Å². The Kier molecular flexibility index (Phi) is 13.9. The summed E-state index contributed by atoms with van der Waals surface area (Å²) in [6.45, 7) is 3.63. The van der Waals surface area contributed by atoms with Crippen LogP contribution in [0.1, 0.15) is 68.2 Å². The number of nitrogens with zero attached hydrogens (tertiary/aromatic N) is 2. The van der Waals surface area contributed by atoms with Crippen molar-refractivity contribution in [2.24, 2.45) is 0 Å². The lowest BCUT2D eigenvalue weighted by atomic mass is 9.96. The first-order chi connectivity index (χ1) is 22.5. The standard InChI is InChI=1S/C40H48N2O4/c1-32(35-22-12-6-13-23-35)41(30-33-18-8-4-9-19-33)37(28-39(43)45-2)26-16-17-27-38(29-40(44)46-3)42(36-24-14-7-15-25-36)31-34-20-10-5-11-21-34/h4-15,18-25,32,37-38H,16-17,26-31H2,1-3H3/t32-,37?,38?/m1/s1. The third-order valence-electron chi connectivity index (χ3n) is 8.77. The van der Waals surface area contributed by atoms with Gasteiger partial charge in [-0.2, -0.15) is 0 Å². The minimum absolute atomic E-state index is 0.0172. The van der Waals surface area contributed by atoms with Crippen LogP contribution in [0.4, 0.5) is 5.69 Å². The van der Waals surface area contributed by atoms with Gasteiger partial charge in [0.25, 0.3) is 0 Å². The van der Waals surface area contributed by atoms with Crippen molar-refractivity contribution >= 4 is 17.6 Å². The van der Waals surface area contributed by atoms with Crippen LogP contribution in [0.25, 0.3) is 0 Å². The van der Waals surface area contributed by atoms with Gasteiger partial charge in [-0.25, -0.2) is 0 Å². The molecule has 4 aromatic rings. The van der Waals surface area contributed by atoms with Gasteiger partial charge in [-0.3, -0.25) is 14.5 Å². The second-order valence-corrected chi connectivity index (χ2v) is 11.8. The molecule has 6 heteroatoms. The largest absolute Gasteiger partial charge is 0.469 e. The van der Waals surface area contributed by atoms with E-state index < -0.39 is 0 Å². The normalized spacial score (nSPS) is 13.0. The Morgan fingerprint density at radius 3 is 1.54 bits per heavy atom. The number of hydrogen-bond acceptors (Lipinski definition) is 6. The van der Waals surface area contributed by atoms with Gasteiger partial charge in [0, 0.05) is 36.9 Å². The molecule has 0 N–H and O–H groups in total. The second-order valence-electron chi connectivity index (χ2n) is 11.8. The maximum absolute atomic E-state index is 12.7. The Morgan fingerprint density at radius 1 is 0.587 bits per heavy atom. The highest BCUT2D eigenvalue weighted by atomic mass is 16.5. The first kappa shape index (κ1) is 34.5. The third-order valence-corrected chi connectivity index (χ3v) is 8.77. The number of methoxy groups -OCH3 is 2. The van der Waals surface area contributed by atoms with Crippen molar-refractivity contribution in [2.45, 2.75) is 76.7 Å². The first-order valence-corrected chi connectivity index (χ1v) is 16.3. The molecule has 0 spiro atoms. The van der Waals surface area contributed by atoms with Gasteiger partial charge < -0.3 is 14.4 Å². The van der Waals surface area contributed by atoms with E-state index in [9.17, 15) is 9.59 Å². The van der Waals surface area contributed by atoms with E-state index in [4.69, 9.17) is 9.47 Å². The molecule has 0 aliphatic rings. The molecule has 2 unspecified atom stereocenters. The molecule has 0 aliphatic heterocycles. The van der Waals surface area contributed by atoms with Gasteiger partial charge in [-0.1, -0.05) is 122 Å². The van der Waals surface area contributed by atoms with Crippen LogP contribution in [0.2, 0.25) is 0 Å². The van der Waals surface area contributed by atoms with Crippen molar-refractivity contribution in [3.05, 3.63) is 138 Å². The predicted octanol–water partition coefficient (Wildman–Crippen LogP) is 8.38. The zero-order valence-corrected chi connectivity index (χ0v) is 27.5. The van der Waals surface area contributed by atoms with Crippen LogP contribution in [-0.4, -0.2) is 43.1 Å². The number of benzene rings is 4. The molecule has 0 amide bonds. The number of unbranched alkanes of at least 4 members (excludes halogenated alkanes) is 1. The highest BCUT2D eigenvalue weighted by Gasteiger charge is 2.28. The van der Waals surface area contributed by atoms with E-state index in [1.807, 2.05) is 48.5 Å².